The van der Waals surface area contributed by atoms with Gasteiger partial charge in [-0.15, -0.1) is 0 Å². The summed E-state index contributed by atoms with van der Waals surface area (Å²) >= 11 is 0. The fourth-order valence-electron chi connectivity index (χ4n) is 3.95. The highest BCUT2D eigenvalue weighted by Crippen LogP contribution is 2.18. The normalized spacial score (nSPS) is 11.8. The molecule has 0 saturated carbocycles. The Labute approximate surface area is 204 Å². The summed E-state index contributed by atoms with van der Waals surface area (Å²) in [5, 5.41) is 3.07. The van der Waals surface area contributed by atoms with E-state index in [1.54, 1.807) is 4.90 Å². The Bertz CT molecular complexity index is 1080. The van der Waals surface area contributed by atoms with Crippen LogP contribution >= 0.6 is 0 Å². The van der Waals surface area contributed by atoms with Gasteiger partial charge in [-0.05, 0) is 47.6 Å². The largest absolute Gasteiger partial charge is 0.354 e. The van der Waals surface area contributed by atoms with Gasteiger partial charge in [-0.3, -0.25) is 9.59 Å². The van der Waals surface area contributed by atoms with Gasteiger partial charge in [-0.25, -0.2) is 0 Å². The van der Waals surface area contributed by atoms with Crippen LogP contribution in [0.15, 0.2) is 78.9 Å². The van der Waals surface area contributed by atoms with Crippen molar-refractivity contribution in [2.45, 2.75) is 53.1 Å². The Morgan fingerprint density at radius 2 is 1.41 bits per heavy atom. The van der Waals surface area contributed by atoms with E-state index in [1.165, 1.54) is 5.56 Å². The van der Waals surface area contributed by atoms with E-state index in [2.05, 4.69) is 45.1 Å². The summed E-state index contributed by atoms with van der Waals surface area (Å²) in [4.78, 5) is 28.9. The van der Waals surface area contributed by atoms with Gasteiger partial charge in [-0.2, -0.15) is 0 Å². The zero-order valence-electron chi connectivity index (χ0n) is 20.8. The second-order valence-electron chi connectivity index (χ2n) is 9.45. The summed E-state index contributed by atoms with van der Waals surface area (Å²) in [6.45, 7) is 9.23. The molecule has 0 saturated heterocycles. The number of nitrogens with zero attached hydrogens (tertiary/aromatic N) is 1. The SMILES string of the molecule is Cc1ccc(CC(=O)N(Cc2ccccc2)[C@@H](Cc2ccccc2)C(=O)NCC(C)C)cc1C. The smallest absolute Gasteiger partial charge is 0.243 e. The van der Waals surface area contributed by atoms with Crippen LogP contribution in [0.3, 0.4) is 0 Å². The zero-order valence-corrected chi connectivity index (χ0v) is 20.8. The maximum Gasteiger partial charge on any atom is 0.243 e. The van der Waals surface area contributed by atoms with E-state index in [4.69, 9.17) is 0 Å². The molecule has 178 valence electrons. The summed E-state index contributed by atoms with van der Waals surface area (Å²) < 4.78 is 0. The standard InChI is InChI=1S/C30H36N2O2/c1-22(2)20-31-30(34)28(18-25-11-7-5-8-12-25)32(21-26-13-9-6-10-14-26)29(33)19-27-16-15-23(3)24(4)17-27/h5-17,22,28H,18-21H2,1-4H3,(H,31,34)/t28-/m0/s1. The lowest BCUT2D eigenvalue weighted by Crippen LogP contribution is -2.51. The first kappa shape index (κ1) is 25.2. The van der Waals surface area contributed by atoms with Crippen molar-refractivity contribution in [1.29, 1.82) is 0 Å². The second-order valence-corrected chi connectivity index (χ2v) is 9.45. The van der Waals surface area contributed by atoms with Gasteiger partial charge in [0.15, 0.2) is 0 Å². The number of hydrogen-bond acceptors (Lipinski definition) is 2. The number of carbonyl (C=O) groups is 2. The van der Waals surface area contributed by atoms with Gasteiger partial charge < -0.3 is 10.2 Å². The Morgan fingerprint density at radius 3 is 2.00 bits per heavy atom. The maximum absolute atomic E-state index is 13.7. The van der Waals surface area contributed by atoms with Crippen LogP contribution in [0.2, 0.25) is 0 Å². The van der Waals surface area contributed by atoms with E-state index in [0.717, 1.165) is 22.3 Å². The van der Waals surface area contributed by atoms with Crippen molar-refractivity contribution >= 4 is 11.8 Å². The average molecular weight is 457 g/mol. The summed E-state index contributed by atoms with van der Waals surface area (Å²) in [6.07, 6.45) is 0.729. The average Bonchev–Trinajstić information content (AvgIpc) is 2.83. The number of benzene rings is 3. The molecule has 0 aliphatic carbocycles. The highest BCUT2D eigenvalue weighted by molar-refractivity contribution is 5.88. The minimum Gasteiger partial charge on any atom is -0.354 e. The molecule has 0 aliphatic rings. The molecule has 1 N–H and O–H groups in total. The molecule has 0 aromatic heterocycles. The number of amides is 2. The highest BCUT2D eigenvalue weighted by atomic mass is 16.2. The minimum atomic E-state index is -0.597. The van der Waals surface area contributed by atoms with Crippen LogP contribution in [0.25, 0.3) is 0 Å². The molecule has 3 aromatic carbocycles. The molecule has 0 spiro atoms. The topological polar surface area (TPSA) is 49.4 Å². The molecule has 4 nitrogen and oxygen atoms in total. The molecular weight excluding hydrogens is 420 g/mol. The lowest BCUT2D eigenvalue weighted by molar-refractivity contribution is -0.140. The van der Waals surface area contributed by atoms with Crippen LogP contribution < -0.4 is 5.32 Å². The molecule has 3 rings (SSSR count). The van der Waals surface area contributed by atoms with Crippen molar-refractivity contribution in [3.8, 4) is 0 Å². The van der Waals surface area contributed by atoms with Gasteiger partial charge in [0.1, 0.15) is 6.04 Å². The van der Waals surface area contributed by atoms with Crippen molar-refractivity contribution in [2.75, 3.05) is 6.54 Å². The van der Waals surface area contributed by atoms with Gasteiger partial charge >= 0.3 is 0 Å². The van der Waals surface area contributed by atoms with Gasteiger partial charge in [0.05, 0.1) is 6.42 Å². The van der Waals surface area contributed by atoms with Crippen molar-refractivity contribution < 1.29 is 9.59 Å². The summed E-state index contributed by atoms with van der Waals surface area (Å²) in [7, 11) is 0. The van der Waals surface area contributed by atoms with Gasteiger partial charge in [0, 0.05) is 19.5 Å². The van der Waals surface area contributed by atoms with Gasteiger partial charge in [0.25, 0.3) is 0 Å². The first-order chi connectivity index (χ1) is 16.3. The quantitative estimate of drug-likeness (QED) is 0.452. The first-order valence-corrected chi connectivity index (χ1v) is 12.0. The van der Waals surface area contributed by atoms with E-state index >= 15 is 0 Å². The molecule has 4 heteroatoms. The van der Waals surface area contributed by atoms with E-state index in [0.29, 0.717) is 25.4 Å². The molecule has 0 aliphatic heterocycles. The van der Waals surface area contributed by atoms with Crippen LogP contribution in [-0.4, -0.2) is 29.3 Å². The minimum absolute atomic E-state index is 0.0484. The monoisotopic (exact) mass is 456 g/mol. The number of nitrogens with one attached hydrogen (secondary N) is 1. The molecule has 0 heterocycles. The molecule has 3 aromatic rings. The second kappa shape index (κ2) is 12.2. The molecule has 0 radical (unpaired) electrons. The molecule has 0 unspecified atom stereocenters. The third-order valence-electron chi connectivity index (χ3n) is 6.08. The fourth-order valence-corrected chi connectivity index (χ4v) is 3.95. The molecule has 0 bridgehead atoms. The molecule has 1 atom stereocenters. The fraction of sp³-hybridized carbons (Fsp3) is 0.333. The first-order valence-electron chi connectivity index (χ1n) is 12.0. The Hall–Kier alpha value is -3.40. The predicted molar refractivity (Wildman–Crippen MR) is 138 cm³/mol. The van der Waals surface area contributed by atoms with Crippen LogP contribution in [0.1, 0.15) is 41.7 Å². The molecule has 2 amide bonds. The number of carbonyl (C=O) groups excluding carboxylic acids is 2. The van der Waals surface area contributed by atoms with Crippen molar-refractivity contribution in [2.24, 2.45) is 5.92 Å². The highest BCUT2D eigenvalue weighted by Gasteiger charge is 2.30. The number of aryl methyl sites for hydroxylation is 2. The van der Waals surface area contributed by atoms with Crippen molar-refractivity contribution in [3.63, 3.8) is 0 Å². The molecule has 34 heavy (non-hydrogen) atoms. The maximum atomic E-state index is 13.7. The predicted octanol–water partition coefficient (Wildman–Crippen LogP) is 5.26. The third kappa shape index (κ3) is 7.31. The van der Waals surface area contributed by atoms with Crippen LogP contribution in [0.4, 0.5) is 0 Å². The zero-order chi connectivity index (χ0) is 24.5. The van der Waals surface area contributed by atoms with E-state index in [9.17, 15) is 9.59 Å². The van der Waals surface area contributed by atoms with E-state index < -0.39 is 6.04 Å². The van der Waals surface area contributed by atoms with E-state index in [-0.39, 0.29) is 18.2 Å². The lowest BCUT2D eigenvalue weighted by atomic mass is 10.00. The summed E-state index contributed by atoms with van der Waals surface area (Å²) in [5.41, 5.74) is 5.37. The van der Waals surface area contributed by atoms with Crippen molar-refractivity contribution in [1.82, 2.24) is 10.2 Å². The lowest BCUT2D eigenvalue weighted by Gasteiger charge is -2.32. The van der Waals surface area contributed by atoms with E-state index in [1.807, 2.05) is 66.7 Å². The van der Waals surface area contributed by atoms with Crippen LogP contribution in [0, 0.1) is 19.8 Å². The third-order valence-corrected chi connectivity index (χ3v) is 6.08. The Kier molecular flexibility index (Phi) is 9.03. The van der Waals surface area contributed by atoms with Crippen LogP contribution in [-0.2, 0) is 29.0 Å². The van der Waals surface area contributed by atoms with Gasteiger partial charge in [-0.1, -0.05) is 92.7 Å². The number of hydrogen-bond donors (Lipinski definition) is 1. The van der Waals surface area contributed by atoms with Crippen LogP contribution in [0.5, 0.6) is 0 Å². The summed E-state index contributed by atoms with van der Waals surface area (Å²) in [6, 6.07) is 25.3. The number of rotatable bonds is 10. The summed E-state index contributed by atoms with van der Waals surface area (Å²) in [5.74, 6) is 0.171. The Morgan fingerprint density at radius 1 is 0.794 bits per heavy atom. The molecule has 0 fully saturated rings. The Balaban J connectivity index is 1.94. The van der Waals surface area contributed by atoms with Crippen molar-refractivity contribution in [3.05, 3.63) is 107 Å². The van der Waals surface area contributed by atoms with Gasteiger partial charge in [0.2, 0.25) is 11.8 Å². The molecular formula is C30H36N2O2.